The number of nitrogens with two attached hydrogens (primary N) is 2. The van der Waals surface area contributed by atoms with Crippen molar-refractivity contribution >= 4 is 18.6 Å². The van der Waals surface area contributed by atoms with Gasteiger partial charge in [0.25, 0.3) is 0 Å². The van der Waals surface area contributed by atoms with Gasteiger partial charge in [0.05, 0.1) is 13.2 Å². The molecule has 4 N–H and O–H groups in total. The van der Waals surface area contributed by atoms with E-state index in [1.54, 1.807) is 21.3 Å². The van der Waals surface area contributed by atoms with Crippen molar-refractivity contribution in [1.82, 2.24) is 0 Å². The van der Waals surface area contributed by atoms with Crippen molar-refractivity contribution < 1.29 is 22.8 Å². The highest BCUT2D eigenvalue weighted by Gasteiger charge is 2.36. The van der Waals surface area contributed by atoms with E-state index in [0.717, 1.165) is 19.1 Å². The highest BCUT2D eigenvalue weighted by atomic mass is 28.4. The first-order valence-electron chi connectivity index (χ1n) is 5.93. The summed E-state index contributed by atoms with van der Waals surface area (Å²) < 4.78 is 26.3. The van der Waals surface area contributed by atoms with Crippen molar-refractivity contribution in [2.75, 3.05) is 41.2 Å². The molecule has 0 bridgehead atoms. The molecule has 0 aromatic heterocycles. The molecule has 0 spiro atoms. The summed E-state index contributed by atoms with van der Waals surface area (Å²) in [6.45, 7) is 2.24. The molecular weight excluding hydrogens is 272 g/mol. The minimum Gasteiger partial charge on any atom is -0.379 e. The van der Waals surface area contributed by atoms with Crippen molar-refractivity contribution in [3.63, 3.8) is 0 Å². The third-order valence-corrected chi connectivity index (χ3v) is 5.24. The van der Waals surface area contributed by atoms with Gasteiger partial charge >= 0.3 is 8.80 Å². The third-order valence-electron chi connectivity index (χ3n) is 2.41. The SMILES string of the molecule is CO[Si](CCCOCC1CO1)(OC)OC.N[SiH2]N. The van der Waals surface area contributed by atoms with Gasteiger partial charge in [-0.25, -0.2) is 0 Å². The molecule has 1 rings (SSSR count). The summed E-state index contributed by atoms with van der Waals surface area (Å²) >= 11 is 0. The number of epoxide rings is 1. The van der Waals surface area contributed by atoms with Crippen LogP contribution < -0.4 is 10.8 Å². The largest absolute Gasteiger partial charge is 0.500 e. The summed E-state index contributed by atoms with van der Waals surface area (Å²) in [5, 5.41) is 9.53. The van der Waals surface area contributed by atoms with Crippen LogP contribution in [0.15, 0.2) is 0 Å². The fraction of sp³-hybridized carbons (Fsp3) is 1.00. The monoisotopic (exact) mass is 298 g/mol. The molecule has 1 unspecified atom stereocenters. The lowest BCUT2D eigenvalue weighted by molar-refractivity contribution is 0.100. The van der Waals surface area contributed by atoms with Gasteiger partial charge in [0.2, 0.25) is 0 Å². The maximum absolute atomic E-state index is 5.42. The molecular formula is C9H26N2O5Si2. The van der Waals surface area contributed by atoms with Crippen LogP contribution in [0, 0.1) is 0 Å². The molecule has 9 heteroatoms. The van der Waals surface area contributed by atoms with Gasteiger partial charge in [0.1, 0.15) is 6.10 Å². The zero-order valence-electron chi connectivity index (χ0n) is 11.5. The molecule has 0 aliphatic carbocycles. The summed E-state index contributed by atoms with van der Waals surface area (Å²) in [7, 11) is 1.90. The van der Waals surface area contributed by atoms with E-state index in [0.29, 0.717) is 19.3 Å². The molecule has 1 aliphatic heterocycles. The average Bonchev–Trinajstić information content (AvgIpc) is 3.20. The number of ether oxygens (including phenoxy) is 2. The van der Waals surface area contributed by atoms with Crippen LogP contribution in [0.1, 0.15) is 6.42 Å². The molecule has 1 saturated heterocycles. The summed E-state index contributed by atoms with van der Waals surface area (Å²) in [5.74, 6) is 0. The predicted octanol–water partition coefficient (Wildman–Crippen LogP) is -1.43. The van der Waals surface area contributed by atoms with E-state index in [2.05, 4.69) is 0 Å². The van der Waals surface area contributed by atoms with Crippen LogP contribution in [0.3, 0.4) is 0 Å². The van der Waals surface area contributed by atoms with Crippen LogP contribution in [0.4, 0.5) is 0 Å². The van der Waals surface area contributed by atoms with Gasteiger partial charge in [0.15, 0.2) is 9.84 Å². The highest BCUT2D eigenvalue weighted by Crippen LogP contribution is 2.15. The van der Waals surface area contributed by atoms with Crippen LogP contribution in [0.5, 0.6) is 0 Å². The Hall–Kier alpha value is 0.154. The van der Waals surface area contributed by atoms with Crippen LogP contribution in [0.25, 0.3) is 0 Å². The normalized spacial score (nSPS) is 18.2. The molecule has 1 heterocycles. The molecule has 0 radical (unpaired) electrons. The first-order chi connectivity index (χ1) is 8.67. The second-order valence-electron chi connectivity index (χ2n) is 3.66. The highest BCUT2D eigenvalue weighted by molar-refractivity contribution is 6.60. The second kappa shape index (κ2) is 11.0. The smallest absolute Gasteiger partial charge is 0.379 e. The first-order valence-corrected chi connectivity index (χ1v) is 9.49. The van der Waals surface area contributed by atoms with E-state index in [4.69, 9.17) is 33.6 Å². The lowest BCUT2D eigenvalue weighted by Crippen LogP contribution is -2.42. The van der Waals surface area contributed by atoms with E-state index in [-0.39, 0.29) is 0 Å². The molecule has 7 nitrogen and oxygen atoms in total. The molecule has 0 aromatic rings. The average molecular weight is 298 g/mol. The Labute approximate surface area is 112 Å². The van der Waals surface area contributed by atoms with E-state index in [9.17, 15) is 0 Å². The van der Waals surface area contributed by atoms with Crippen LogP contribution >= 0.6 is 0 Å². The van der Waals surface area contributed by atoms with Gasteiger partial charge < -0.3 is 33.6 Å². The number of hydrogen-bond acceptors (Lipinski definition) is 7. The maximum atomic E-state index is 5.42. The van der Waals surface area contributed by atoms with E-state index in [1.165, 1.54) is 0 Å². The summed E-state index contributed by atoms with van der Waals surface area (Å²) in [5.41, 5.74) is 0. The molecule has 0 aromatic carbocycles. The lowest BCUT2D eigenvalue weighted by Gasteiger charge is -2.24. The Kier molecular flexibility index (Phi) is 11.1. The standard InChI is InChI=1S/C9H20O5Si.H6N2Si/c1-10-15(11-2,12-3)6-4-5-13-7-9-8-14-9;1-3-2/h9H,4-8H2,1-3H3;1-3H2. The van der Waals surface area contributed by atoms with Gasteiger partial charge in [-0.3, -0.25) is 0 Å². The summed E-state index contributed by atoms with van der Waals surface area (Å²) in [6.07, 6.45) is 1.22. The van der Waals surface area contributed by atoms with Gasteiger partial charge in [-0.15, -0.1) is 0 Å². The Morgan fingerprint density at radius 2 is 1.72 bits per heavy atom. The van der Waals surface area contributed by atoms with Crippen molar-refractivity contribution in [1.29, 1.82) is 0 Å². The number of rotatable bonds is 9. The quantitative estimate of drug-likeness (QED) is 0.306. The van der Waals surface area contributed by atoms with Crippen molar-refractivity contribution in [3.05, 3.63) is 0 Å². The number of hydrogen-bond donors (Lipinski definition) is 2. The molecule has 1 aliphatic rings. The minimum atomic E-state index is -2.39. The molecule has 18 heavy (non-hydrogen) atoms. The Bertz CT molecular complexity index is 186. The van der Waals surface area contributed by atoms with Crippen LogP contribution in [-0.2, 0) is 22.8 Å². The Morgan fingerprint density at radius 3 is 2.11 bits per heavy atom. The topological polar surface area (TPSA) is 101 Å². The van der Waals surface area contributed by atoms with E-state index < -0.39 is 18.6 Å². The van der Waals surface area contributed by atoms with Crippen molar-refractivity contribution in [2.45, 2.75) is 18.6 Å². The van der Waals surface area contributed by atoms with Crippen LogP contribution in [0.2, 0.25) is 6.04 Å². The fourth-order valence-electron chi connectivity index (χ4n) is 1.33. The zero-order valence-corrected chi connectivity index (χ0v) is 13.9. The zero-order chi connectivity index (χ0) is 13.9. The summed E-state index contributed by atoms with van der Waals surface area (Å²) in [4.78, 5) is 0. The van der Waals surface area contributed by atoms with Crippen molar-refractivity contribution in [2.24, 2.45) is 10.8 Å². The van der Waals surface area contributed by atoms with Gasteiger partial charge in [0, 0.05) is 34.0 Å². The van der Waals surface area contributed by atoms with Crippen LogP contribution in [-0.4, -0.2) is 65.9 Å². The predicted molar refractivity (Wildman–Crippen MR) is 73.7 cm³/mol. The molecule has 1 atom stereocenters. The maximum Gasteiger partial charge on any atom is 0.500 e. The Balaban J connectivity index is 0.000000873. The fourth-order valence-corrected chi connectivity index (χ4v) is 3.02. The lowest BCUT2D eigenvalue weighted by atomic mass is 10.5. The molecule has 110 valence electrons. The second-order valence-corrected chi connectivity index (χ2v) is 7.23. The van der Waals surface area contributed by atoms with Gasteiger partial charge in [-0.2, -0.15) is 0 Å². The minimum absolute atomic E-state index is 0.333. The third kappa shape index (κ3) is 8.29. The molecule has 1 fully saturated rings. The summed E-state index contributed by atoms with van der Waals surface area (Å²) in [6, 6.07) is 0.780. The molecule has 0 amide bonds. The van der Waals surface area contributed by atoms with E-state index >= 15 is 0 Å². The van der Waals surface area contributed by atoms with Gasteiger partial charge in [-0.1, -0.05) is 0 Å². The van der Waals surface area contributed by atoms with E-state index in [1.807, 2.05) is 0 Å². The van der Waals surface area contributed by atoms with Gasteiger partial charge in [-0.05, 0) is 6.42 Å². The first kappa shape index (κ1) is 18.2. The Morgan fingerprint density at radius 1 is 1.22 bits per heavy atom. The molecule has 0 saturated carbocycles. The van der Waals surface area contributed by atoms with Crippen molar-refractivity contribution in [3.8, 4) is 0 Å².